The van der Waals surface area contributed by atoms with Gasteiger partial charge in [0, 0.05) is 6.04 Å². The zero-order valence-corrected chi connectivity index (χ0v) is 8.84. The molecular formula is C9H14F3N3. The smallest absolute Gasteiger partial charge is 0.330 e. The molecule has 1 N–H and O–H groups in total. The summed E-state index contributed by atoms with van der Waals surface area (Å²) >= 11 is 0. The van der Waals surface area contributed by atoms with Crippen molar-refractivity contribution in [3.05, 3.63) is 18.2 Å². The summed E-state index contributed by atoms with van der Waals surface area (Å²) < 4.78 is 39.4. The molecule has 0 aliphatic rings. The summed E-state index contributed by atoms with van der Waals surface area (Å²) in [5, 5.41) is 2.25. The lowest BCUT2D eigenvalue weighted by atomic mass is 10.2. The summed E-state index contributed by atoms with van der Waals surface area (Å²) in [4.78, 5) is 3.75. The number of nitrogens with one attached hydrogen (secondary N) is 1. The Morgan fingerprint density at radius 3 is 2.40 bits per heavy atom. The van der Waals surface area contributed by atoms with Gasteiger partial charge in [-0.05, 0) is 20.9 Å². The van der Waals surface area contributed by atoms with Gasteiger partial charge in [0.05, 0.1) is 18.2 Å². The molecule has 0 aliphatic carbocycles. The minimum Gasteiger partial charge on any atom is -0.330 e. The SMILES string of the molecule is CNC(c1cncn1C(C)C)C(F)(F)F. The zero-order valence-electron chi connectivity index (χ0n) is 8.84. The van der Waals surface area contributed by atoms with Gasteiger partial charge in [0.25, 0.3) is 0 Å². The second-order valence-electron chi connectivity index (χ2n) is 3.58. The monoisotopic (exact) mass is 221 g/mol. The molecule has 0 saturated heterocycles. The van der Waals surface area contributed by atoms with Crippen molar-refractivity contribution in [3.63, 3.8) is 0 Å². The van der Waals surface area contributed by atoms with Crippen LogP contribution in [-0.4, -0.2) is 22.8 Å². The van der Waals surface area contributed by atoms with E-state index in [1.165, 1.54) is 24.1 Å². The first-order valence-electron chi connectivity index (χ1n) is 4.63. The van der Waals surface area contributed by atoms with Crippen LogP contribution in [0.3, 0.4) is 0 Å². The highest BCUT2D eigenvalue weighted by molar-refractivity contribution is 5.08. The molecule has 15 heavy (non-hydrogen) atoms. The molecule has 1 aromatic heterocycles. The van der Waals surface area contributed by atoms with E-state index in [0.717, 1.165) is 0 Å². The van der Waals surface area contributed by atoms with Crippen LogP contribution in [0.2, 0.25) is 0 Å². The van der Waals surface area contributed by atoms with Gasteiger partial charge in [0.15, 0.2) is 0 Å². The van der Waals surface area contributed by atoms with Gasteiger partial charge >= 0.3 is 6.18 Å². The maximum atomic E-state index is 12.6. The first-order valence-corrected chi connectivity index (χ1v) is 4.63. The third-order valence-electron chi connectivity index (χ3n) is 2.16. The van der Waals surface area contributed by atoms with Crippen molar-refractivity contribution < 1.29 is 13.2 Å². The van der Waals surface area contributed by atoms with E-state index in [1.54, 1.807) is 0 Å². The van der Waals surface area contributed by atoms with Crippen molar-refractivity contribution in [3.8, 4) is 0 Å². The quantitative estimate of drug-likeness (QED) is 0.848. The second-order valence-corrected chi connectivity index (χ2v) is 3.58. The molecular weight excluding hydrogens is 207 g/mol. The molecule has 0 bridgehead atoms. The van der Waals surface area contributed by atoms with Gasteiger partial charge in [-0.25, -0.2) is 4.98 Å². The van der Waals surface area contributed by atoms with E-state index in [1.807, 2.05) is 13.8 Å². The maximum Gasteiger partial charge on any atom is 0.409 e. The average molecular weight is 221 g/mol. The van der Waals surface area contributed by atoms with Gasteiger partial charge in [0.1, 0.15) is 6.04 Å². The van der Waals surface area contributed by atoms with Gasteiger partial charge in [0.2, 0.25) is 0 Å². The van der Waals surface area contributed by atoms with Gasteiger partial charge in [-0.1, -0.05) is 0 Å². The minimum absolute atomic E-state index is 0.0410. The summed E-state index contributed by atoms with van der Waals surface area (Å²) in [7, 11) is 1.29. The Morgan fingerprint density at radius 1 is 1.40 bits per heavy atom. The van der Waals surface area contributed by atoms with Gasteiger partial charge in [-0.3, -0.25) is 0 Å². The molecule has 6 heteroatoms. The van der Waals surface area contributed by atoms with Crippen molar-refractivity contribution in [2.75, 3.05) is 7.05 Å². The lowest BCUT2D eigenvalue weighted by molar-refractivity contribution is -0.157. The van der Waals surface area contributed by atoms with Crippen LogP contribution < -0.4 is 5.32 Å². The van der Waals surface area contributed by atoms with Crippen LogP contribution >= 0.6 is 0 Å². The Hall–Kier alpha value is -1.04. The molecule has 0 radical (unpaired) electrons. The Kier molecular flexibility index (Phi) is 3.38. The van der Waals surface area contributed by atoms with Gasteiger partial charge < -0.3 is 9.88 Å². The van der Waals surface area contributed by atoms with Crippen LogP contribution in [0, 0.1) is 0 Å². The van der Waals surface area contributed by atoms with E-state index >= 15 is 0 Å². The number of hydrogen-bond acceptors (Lipinski definition) is 2. The van der Waals surface area contributed by atoms with Crippen molar-refractivity contribution in [1.29, 1.82) is 0 Å². The Labute approximate surface area is 86.3 Å². The molecule has 86 valence electrons. The molecule has 3 nitrogen and oxygen atoms in total. The molecule has 0 fully saturated rings. The van der Waals surface area contributed by atoms with Crippen LogP contribution in [-0.2, 0) is 0 Å². The first kappa shape index (κ1) is 12.0. The summed E-state index contributed by atoms with van der Waals surface area (Å²) in [6.07, 6.45) is -1.65. The van der Waals surface area contributed by atoms with Gasteiger partial charge in [-0.15, -0.1) is 0 Å². The number of halogens is 3. The Balaban J connectivity index is 3.07. The summed E-state index contributed by atoms with van der Waals surface area (Å²) in [6.45, 7) is 3.63. The number of hydrogen-bond donors (Lipinski definition) is 1. The van der Waals surface area contributed by atoms with E-state index in [9.17, 15) is 13.2 Å². The number of nitrogens with zero attached hydrogens (tertiary/aromatic N) is 2. The van der Waals surface area contributed by atoms with E-state index in [2.05, 4.69) is 10.3 Å². The fourth-order valence-electron chi connectivity index (χ4n) is 1.45. The Bertz CT molecular complexity index is 317. The maximum absolute atomic E-state index is 12.6. The second kappa shape index (κ2) is 4.22. The third-order valence-corrected chi connectivity index (χ3v) is 2.16. The first-order chi connectivity index (χ1) is 6.88. The van der Waals surface area contributed by atoms with Crippen LogP contribution in [0.4, 0.5) is 13.2 Å². The molecule has 1 unspecified atom stereocenters. The predicted molar refractivity (Wildman–Crippen MR) is 50.5 cm³/mol. The summed E-state index contributed by atoms with van der Waals surface area (Å²) in [5.74, 6) is 0. The highest BCUT2D eigenvalue weighted by Gasteiger charge is 2.41. The average Bonchev–Trinajstić information content (AvgIpc) is 2.51. The van der Waals surface area contributed by atoms with Crippen molar-refractivity contribution in [1.82, 2.24) is 14.9 Å². The predicted octanol–water partition coefficient (Wildman–Crippen LogP) is 2.29. The molecule has 0 spiro atoms. The zero-order chi connectivity index (χ0) is 11.6. The largest absolute Gasteiger partial charge is 0.409 e. The highest BCUT2D eigenvalue weighted by atomic mass is 19.4. The molecule has 1 aromatic rings. The van der Waals surface area contributed by atoms with Crippen molar-refractivity contribution in [2.24, 2.45) is 0 Å². The number of aromatic nitrogens is 2. The molecule has 0 amide bonds. The van der Waals surface area contributed by atoms with E-state index < -0.39 is 12.2 Å². The number of alkyl halides is 3. The molecule has 0 saturated carbocycles. The van der Waals surface area contributed by atoms with Crippen LogP contribution in [0.1, 0.15) is 31.6 Å². The van der Waals surface area contributed by atoms with E-state index in [0.29, 0.717) is 0 Å². The summed E-state index contributed by atoms with van der Waals surface area (Å²) in [6, 6.07) is -1.71. The molecule has 0 aromatic carbocycles. The van der Waals surface area contributed by atoms with Crippen molar-refractivity contribution in [2.45, 2.75) is 32.1 Å². The molecule has 1 heterocycles. The highest BCUT2D eigenvalue weighted by Crippen LogP contribution is 2.32. The minimum atomic E-state index is -4.30. The summed E-state index contributed by atoms with van der Waals surface area (Å²) in [5.41, 5.74) is 0.139. The third kappa shape index (κ3) is 2.50. The molecule has 0 aliphatic heterocycles. The topological polar surface area (TPSA) is 29.9 Å². The Morgan fingerprint density at radius 2 is 2.00 bits per heavy atom. The van der Waals surface area contributed by atoms with E-state index in [-0.39, 0.29) is 11.7 Å². The van der Waals surface area contributed by atoms with E-state index in [4.69, 9.17) is 0 Å². The van der Waals surface area contributed by atoms with Crippen LogP contribution in [0.5, 0.6) is 0 Å². The van der Waals surface area contributed by atoms with Crippen LogP contribution in [0.25, 0.3) is 0 Å². The number of imidazole rings is 1. The fourth-order valence-corrected chi connectivity index (χ4v) is 1.45. The van der Waals surface area contributed by atoms with Crippen molar-refractivity contribution >= 4 is 0 Å². The molecule has 1 atom stereocenters. The lowest BCUT2D eigenvalue weighted by Gasteiger charge is -2.22. The fraction of sp³-hybridized carbons (Fsp3) is 0.667. The van der Waals surface area contributed by atoms with Gasteiger partial charge in [-0.2, -0.15) is 13.2 Å². The van der Waals surface area contributed by atoms with Crippen LogP contribution in [0.15, 0.2) is 12.5 Å². The number of rotatable bonds is 3. The lowest BCUT2D eigenvalue weighted by Crippen LogP contribution is -2.33. The normalized spacial score (nSPS) is 14.6. The standard InChI is InChI=1S/C9H14F3N3/c1-6(2)15-5-14-4-7(15)8(13-3)9(10,11)12/h4-6,8,13H,1-3H3. The molecule has 1 rings (SSSR count).